The number of ether oxygens (including phenoxy) is 2. The number of carbonyl (C=O) groups excluding carboxylic acids is 1. The van der Waals surface area contributed by atoms with Crippen LogP contribution in [0.15, 0.2) is 83.4 Å². The van der Waals surface area contributed by atoms with Crippen LogP contribution in [0.1, 0.15) is 41.4 Å². The van der Waals surface area contributed by atoms with Gasteiger partial charge in [-0.25, -0.2) is 4.79 Å². The highest BCUT2D eigenvalue weighted by Gasteiger charge is 2.23. The molecule has 5 aromatic rings. The molecular formula is C31H25Cl2NO4. The highest BCUT2D eigenvalue weighted by Crippen LogP contribution is 2.39. The number of carbonyl (C=O) groups is 1. The molecule has 0 bridgehead atoms. The number of nitrogens with zero attached hydrogens (tertiary/aromatic N) is 1. The zero-order chi connectivity index (χ0) is 26.8. The van der Waals surface area contributed by atoms with E-state index in [1.165, 1.54) is 7.11 Å². The first-order chi connectivity index (χ1) is 18.4. The van der Waals surface area contributed by atoms with Crippen molar-refractivity contribution in [2.24, 2.45) is 0 Å². The van der Waals surface area contributed by atoms with Gasteiger partial charge in [0.05, 0.1) is 28.3 Å². The van der Waals surface area contributed by atoms with Gasteiger partial charge < -0.3 is 14.0 Å². The van der Waals surface area contributed by atoms with Gasteiger partial charge in [-0.2, -0.15) is 0 Å². The van der Waals surface area contributed by atoms with Crippen molar-refractivity contribution in [3.8, 4) is 28.1 Å². The molecule has 0 saturated heterocycles. The van der Waals surface area contributed by atoms with Crippen LogP contribution in [-0.4, -0.2) is 18.2 Å². The Balaban J connectivity index is 1.39. The van der Waals surface area contributed by atoms with Gasteiger partial charge in [-0.05, 0) is 64.4 Å². The van der Waals surface area contributed by atoms with E-state index in [0.717, 1.165) is 33.2 Å². The third kappa shape index (κ3) is 5.13. The Morgan fingerprint density at radius 3 is 2.26 bits per heavy atom. The number of benzene rings is 4. The number of hydrogen-bond donors (Lipinski definition) is 0. The summed E-state index contributed by atoms with van der Waals surface area (Å²) >= 11 is 12.9. The molecule has 0 aliphatic carbocycles. The topological polar surface area (TPSA) is 61.6 Å². The lowest BCUT2D eigenvalue weighted by Gasteiger charge is -2.11. The van der Waals surface area contributed by atoms with Crippen molar-refractivity contribution in [1.82, 2.24) is 5.16 Å². The third-order valence-electron chi connectivity index (χ3n) is 6.37. The maximum absolute atomic E-state index is 11.9. The Kier molecular flexibility index (Phi) is 7.41. The molecular weight excluding hydrogens is 521 g/mol. The summed E-state index contributed by atoms with van der Waals surface area (Å²) in [5, 5.41) is 7.30. The smallest absolute Gasteiger partial charge is 0.337 e. The summed E-state index contributed by atoms with van der Waals surface area (Å²) in [5.41, 5.74) is 4.61. The quantitative estimate of drug-likeness (QED) is 0.191. The van der Waals surface area contributed by atoms with Crippen LogP contribution in [0.2, 0.25) is 10.0 Å². The Hall–Kier alpha value is -3.80. The molecule has 0 aliphatic rings. The number of esters is 1. The molecule has 0 amide bonds. The third-order valence-corrected chi connectivity index (χ3v) is 7.00. The molecule has 38 heavy (non-hydrogen) atoms. The van der Waals surface area contributed by atoms with Gasteiger partial charge in [0.1, 0.15) is 23.8 Å². The van der Waals surface area contributed by atoms with Crippen LogP contribution in [0.3, 0.4) is 0 Å². The second-order valence-corrected chi connectivity index (χ2v) is 10.0. The number of methoxy groups -OCH3 is 1. The van der Waals surface area contributed by atoms with Crippen molar-refractivity contribution >= 4 is 39.9 Å². The van der Waals surface area contributed by atoms with E-state index in [1.54, 1.807) is 24.3 Å². The average Bonchev–Trinajstić information content (AvgIpc) is 3.34. The molecule has 1 heterocycles. The van der Waals surface area contributed by atoms with Crippen molar-refractivity contribution in [1.29, 1.82) is 0 Å². The summed E-state index contributed by atoms with van der Waals surface area (Å²) in [4.78, 5) is 11.9. The van der Waals surface area contributed by atoms with Gasteiger partial charge >= 0.3 is 5.97 Å². The first-order valence-corrected chi connectivity index (χ1v) is 12.9. The predicted molar refractivity (Wildman–Crippen MR) is 151 cm³/mol. The predicted octanol–water partition coefficient (Wildman–Crippen LogP) is 8.96. The normalized spacial score (nSPS) is 11.2. The molecule has 0 spiro atoms. The fourth-order valence-electron chi connectivity index (χ4n) is 4.41. The summed E-state index contributed by atoms with van der Waals surface area (Å²) in [5.74, 6) is 1.18. The molecule has 7 heteroatoms. The molecule has 4 aromatic carbocycles. The lowest BCUT2D eigenvalue weighted by molar-refractivity contribution is 0.0601. The van der Waals surface area contributed by atoms with Crippen molar-refractivity contribution in [2.75, 3.05) is 7.11 Å². The molecule has 0 saturated carbocycles. The van der Waals surface area contributed by atoms with Crippen LogP contribution in [0, 0.1) is 0 Å². The standard InChI is InChI=1S/C31H25Cl2NO4/c1-18(2)30-25(29(34-38-30)28-26(32)5-4-6-27(28)33)17-37-24-13-11-19(12-14-24)21-9-7-20-8-10-22(31(35)36-3)16-23(20)15-21/h4-16,18H,17H2,1-3H3. The van der Waals surface area contributed by atoms with E-state index in [-0.39, 0.29) is 18.5 Å². The molecule has 1 aromatic heterocycles. The molecule has 0 N–H and O–H groups in total. The van der Waals surface area contributed by atoms with Gasteiger partial charge in [0.15, 0.2) is 0 Å². The lowest BCUT2D eigenvalue weighted by Crippen LogP contribution is -2.01. The fraction of sp³-hybridized carbons (Fsp3) is 0.161. The fourth-order valence-corrected chi connectivity index (χ4v) is 4.98. The number of fused-ring (bicyclic) bond motifs is 1. The molecule has 0 fully saturated rings. The second kappa shape index (κ2) is 10.9. The van der Waals surface area contributed by atoms with Crippen LogP contribution in [0.4, 0.5) is 0 Å². The van der Waals surface area contributed by atoms with Crippen LogP contribution >= 0.6 is 23.2 Å². The maximum atomic E-state index is 11.9. The van der Waals surface area contributed by atoms with Gasteiger partial charge in [-0.1, -0.05) is 78.6 Å². The van der Waals surface area contributed by atoms with Crippen LogP contribution in [0.25, 0.3) is 33.2 Å². The second-order valence-electron chi connectivity index (χ2n) is 9.21. The van der Waals surface area contributed by atoms with E-state index < -0.39 is 0 Å². The summed E-state index contributed by atoms with van der Waals surface area (Å²) < 4.78 is 16.7. The minimum absolute atomic E-state index is 0.103. The largest absolute Gasteiger partial charge is 0.489 e. The van der Waals surface area contributed by atoms with Gasteiger partial charge in [0.25, 0.3) is 0 Å². The van der Waals surface area contributed by atoms with Crippen molar-refractivity contribution in [3.63, 3.8) is 0 Å². The van der Waals surface area contributed by atoms with Crippen LogP contribution in [-0.2, 0) is 11.3 Å². The lowest BCUT2D eigenvalue weighted by atomic mass is 10.00. The van der Waals surface area contributed by atoms with E-state index in [1.807, 2.05) is 56.3 Å². The van der Waals surface area contributed by atoms with E-state index in [2.05, 4.69) is 17.3 Å². The summed E-state index contributed by atoms with van der Waals surface area (Å²) in [6.07, 6.45) is 0. The number of rotatable bonds is 7. The van der Waals surface area contributed by atoms with Gasteiger partial charge in [-0.3, -0.25) is 0 Å². The average molecular weight is 546 g/mol. The number of hydrogen-bond acceptors (Lipinski definition) is 5. The molecule has 5 rings (SSSR count). The van der Waals surface area contributed by atoms with Crippen LogP contribution < -0.4 is 4.74 Å². The Bertz CT molecular complexity index is 1600. The van der Waals surface area contributed by atoms with Crippen LogP contribution in [0.5, 0.6) is 5.75 Å². The zero-order valence-electron chi connectivity index (χ0n) is 21.1. The van der Waals surface area contributed by atoms with Gasteiger partial charge in [-0.15, -0.1) is 0 Å². The summed E-state index contributed by atoms with van der Waals surface area (Å²) in [7, 11) is 1.38. The number of aromatic nitrogens is 1. The van der Waals surface area contributed by atoms with E-state index in [9.17, 15) is 4.79 Å². The first-order valence-electron chi connectivity index (χ1n) is 12.1. The summed E-state index contributed by atoms with van der Waals surface area (Å²) in [6.45, 7) is 4.32. The van der Waals surface area contributed by atoms with E-state index in [0.29, 0.717) is 32.6 Å². The van der Waals surface area contributed by atoms with Crippen molar-refractivity contribution in [2.45, 2.75) is 26.4 Å². The molecule has 0 radical (unpaired) electrons. The number of halogens is 2. The van der Waals surface area contributed by atoms with E-state index in [4.69, 9.17) is 37.2 Å². The van der Waals surface area contributed by atoms with Gasteiger partial charge in [0, 0.05) is 11.5 Å². The maximum Gasteiger partial charge on any atom is 0.337 e. The molecule has 5 nitrogen and oxygen atoms in total. The molecule has 0 aliphatic heterocycles. The Labute approximate surface area is 230 Å². The summed E-state index contributed by atoms with van der Waals surface area (Å²) in [6, 6.07) is 24.9. The van der Waals surface area contributed by atoms with Crippen molar-refractivity contribution < 1.29 is 18.8 Å². The zero-order valence-corrected chi connectivity index (χ0v) is 22.6. The SMILES string of the molecule is COC(=O)c1ccc2ccc(-c3ccc(OCc4c(-c5c(Cl)cccc5Cl)noc4C(C)C)cc3)cc2c1. The minimum Gasteiger partial charge on any atom is -0.489 e. The minimum atomic E-state index is -0.354. The monoisotopic (exact) mass is 545 g/mol. The highest BCUT2D eigenvalue weighted by molar-refractivity contribution is 6.39. The highest BCUT2D eigenvalue weighted by atomic mass is 35.5. The molecule has 0 atom stereocenters. The first kappa shape index (κ1) is 25.8. The molecule has 0 unspecified atom stereocenters. The van der Waals surface area contributed by atoms with Gasteiger partial charge in [0.2, 0.25) is 0 Å². The Morgan fingerprint density at radius 2 is 1.58 bits per heavy atom. The molecule has 192 valence electrons. The Morgan fingerprint density at radius 1 is 0.895 bits per heavy atom. The van der Waals surface area contributed by atoms with E-state index >= 15 is 0 Å². The van der Waals surface area contributed by atoms with Crippen molar-refractivity contribution in [3.05, 3.63) is 106 Å².